The molecule has 94 valence electrons. The van der Waals surface area contributed by atoms with E-state index in [2.05, 4.69) is 14.8 Å². The molecule has 0 saturated heterocycles. The first-order valence-electron chi connectivity index (χ1n) is 5.21. The van der Waals surface area contributed by atoms with Crippen molar-refractivity contribution >= 4 is 29.4 Å². The van der Waals surface area contributed by atoms with E-state index in [-0.39, 0.29) is 0 Å². The van der Waals surface area contributed by atoms with E-state index in [0.717, 1.165) is 12.0 Å². The highest BCUT2D eigenvalue weighted by atomic mass is 79.9. The number of hydrogen-bond acceptors (Lipinski definition) is 0. The highest BCUT2D eigenvalue weighted by Crippen LogP contribution is 2.80. The van der Waals surface area contributed by atoms with Crippen LogP contribution in [0.5, 0.6) is 0 Å². The normalized spacial score (nSPS) is 27.3. The number of fused-ring (bicyclic) bond motifs is 1. The van der Waals surface area contributed by atoms with Gasteiger partial charge in [-0.05, 0) is 64.8 Å². The number of rotatable bonds is 1. The van der Waals surface area contributed by atoms with Crippen molar-refractivity contribution in [3.8, 4) is 0 Å². The van der Waals surface area contributed by atoms with Crippen LogP contribution in [0.3, 0.4) is 0 Å². The molecule has 1 heterocycles. The van der Waals surface area contributed by atoms with E-state index in [1.54, 1.807) is 25.1 Å². The van der Waals surface area contributed by atoms with Gasteiger partial charge in [0.1, 0.15) is 0 Å². The van der Waals surface area contributed by atoms with Gasteiger partial charge in [-0.2, -0.15) is 13.2 Å². The summed E-state index contributed by atoms with van der Waals surface area (Å²) in [6.45, 7) is 3.49. The quantitative estimate of drug-likeness (QED) is 0.629. The third-order valence-corrected chi connectivity index (χ3v) is 9.19. The molecule has 1 aromatic rings. The Morgan fingerprint density at radius 1 is 1.29 bits per heavy atom. The number of hydrogen-bond donors (Lipinski definition) is 0. The molecule has 0 bridgehead atoms. The molecule has 0 saturated carbocycles. The molecule has 1 atom stereocenters. The summed E-state index contributed by atoms with van der Waals surface area (Å²) in [6.07, 6.45) is 2.37. The van der Waals surface area contributed by atoms with Crippen molar-refractivity contribution in [3.05, 3.63) is 34.2 Å². The lowest BCUT2D eigenvalue weighted by atomic mass is 10.1. The Balaban J connectivity index is 2.64. The van der Waals surface area contributed by atoms with E-state index in [9.17, 15) is 13.2 Å². The van der Waals surface area contributed by atoms with Gasteiger partial charge in [0.05, 0.1) is 0 Å². The molecular weight excluding hydrogens is 313 g/mol. The first-order valence-corrected chi connectivity index (χ1v) is 8.69. The molecule has 1 unspecified atom stereocenters. The van der Waals surface area contributed by atoms with Gasteiger partial charge in [-0.15, -0.1) is 0 Å². The first kappa shape index (κ1) is 13.0. The van der Waals surface area contributed by atoms with Gasteiger partial charge in [0.25, 0.3) is 0 Å². The van der Waals surface area contributed by atoms with Gasteiger partial charge < -0.3 is 0 Å². The Kier molecular flexibility index (Phi) is 3.11. The van der Waals surface area contributed by atoms with Crippen molar-refractivity contribution in [2.45, 2.75) is 30.7 Å². The average molecular weight is 325 g/mol. The van der Waals surface area contributed by atoms with Gasteiger partial charge in [0, 0.05) is 4.90 Å². The molecule has 5 heteroatoms. The minimum absolute atomic E-state index is 0.369. The molecule has 0 aromatic heterocycles. The van der Waals surface area contributed by atoms with Gasteiger partial charge >= 0.3 is 5.51 Å². The van der Waals surface area contributed by atoms with Crippen LogP contribution in [0.1, 0.15) is 25.0 Å². The SMILES string of the molecule is CCc1ccc2c(c1)S(Br)(C(F)(F)F)C(C)=C2. The van der Waals surface area contributed by atoms with Crippen molar-refractivity contribution in [1.29, 1.82) is 0 Å². The largest absolute Gasteiger partial charge is 0.442 e. The zero-order valence-corrected chi connectivity index (χ0v) is 11.8. The lowest BCUT2D eigenvalue weighted by Gasteiger charge is -2.33. The Bertz CT molecular complexity index is 493. The second kappa shape index (κ2) is 4.05. The molecule has 0 spiro atoms. The van der Waals surface area contributed by atoms with E-state index in [1.807, 2.05) is 13.0 Å². The average Bonchev–Trinajstić information content (AvgIpc) is 2.51. The summed E-state index contributed by atoms with van der Waals surface area (Å²) < 4.78 is 39.8. The van der Waals surface area contributed by atoms with Crippen LogP contribution in [0.2, 0.25) is 0 Å². The van der Waals surface area contributed by atoms with Crippen LogP contribution >= 0.6 is 23.3 Å². The van der Waals surface area contributed by atoms with Crippen molar-refractivity contribution in [2.24, 2.45) is 0 Å². The monoisotopic (exact) mass is 324 g/mol. The summed E-state index contributed by atoms with van der Waals surface area (Å²) >= 11 is 2.98. The molecule has 17 heavy (non-hydrogen) atoms. The number of benzene rings is 1. The molecule has 0 fully saturated rings. The molecule has 0 aliphatic carbocycles. The highest BCUT2D eigenvalue weighted by molar-refractivity contribution is 9.59. The molecule has 0 N–H and O–H groups in total. The molecule has 0 radical (unpaired) electrons. The zero-order valence-electron chi connectivity index (χ0n) is 9.44. The van der Waals surface area contributed by atoms with Crippen LogP contribution in [0.25, 0.3) is 6.08 Å². The molecule has 0 nitrogen and oxygen atoms in total. The minimum Gasteiger partial charge on any atom is -0.160 e. The van der Waals surface area contributed by atoms with Crippen LogP contribution < -0.4 is 0 Å². The predicted octanol–water partition coefficient (Wildman–Crippen LogP) is 5.62. The topological polar surface area (TPSA) is 0 Å². The molecule has 1 aliphatic rings. The second-order valence-electron chi connectivity index (χ2n) is 3.96. The summed E-state index contributed by atoms with van der Waals surface area (Å²) in [7, 11) is -3.02. The molecule has 2 rings (SSSR count). The second-order valence-corrected chi connectivity index (χ2v) is 9.50. The minimum atomic E-state index is -4.24. The lowest BCUT2D eigenvalue weighted by Crippen LogP contribution is -2.15. The Hall–Kier alpha value is -0.420. The van der Waals surface area contributed by atoms with Crippen LogP contribution in [0.15, 0.2) is 28.0 Å². The number of aryl methyl sites for hydroxylation is 1. The van der Waals surface area contributed by atoms with Crippen LogP contribution in [-0.4, -0.2) is 5.51 Å². The Morgan fingerprint density at radius 2 is 1.94 bits per heavy atom. The lowest BCUT2D eigenvalue weighted by molar-refractivity contribution is -0.0355. The van der Waals surface area contributed by atoms with Gasteiger partial charge in [-0.1, -0.05) is 19.1 Å². The molecule has 1 aliphatic heterocycles. The Labute approximate surface area is 107 Å². The van der Waals surface area contributed by atoms with Gasteiger partial charge in [-0.3, -0.25) is 0 Å². The van der Waals surface area contributed by atoms with E-state index < -0.39 is 14.0 Å². The van der Waals surface area contributed by atoms with Crippen LogP contribution in [-0.2, 0) is 6.42 Å². The fraction of sp³-hybridized carbons (Fsp3) is 0.333. The maximum Gasteiger partial charge on any atom is 0.442 e. The summed E-state index contributed by atoms with van der Waals surface area (Å²) in [5, 5.41) is 0. The first-order chi connectivity index (χ1) is 7.80. The number of alkyl halides is 3. The van der Waals surface area contributed by atoms with Crippen LogP contribution in [0, 0.1) is 0 Å². The summed E-state index contributed by atoms with van der Waals surface area (Å²) in [6, 6.07) is 5.34. The third kappa shape index (κ3) is 1.83. The maximum atomic E-state index is 13.3. The fourth-order valence-corrected chi connectivity index (χ4v) is 5.08. The predicted molar refractivity (Wildman–Crippen MR) is 70.3 cm³/mol. The van der Waals surface area contributed by atoms with Gasteiger partial charge in [0.15, 0.2) is 0 Å². The number of allylic oxidation sites excluding steroid dienone is 1. The molecular formula is C12H12BrF3S. The summed E-state index contributed by atoms with van der Waals surface area (Å²) in [4.78, 5) is 0.759. The van der Waals surface area contributed by atoms with E-state index >= 15 is 0 Å². The standard InChI is InChI=1S/C12H12BrF3S/c1-3-9-4-5-10-6-8(2)17(13,11(10)7-9)12(14,15)16/h4-7H,3H2,1-2H3. The van der Waals surface area contributed by atoms with Crippen LogP contribution in [0.4, 0.5) is 13.2 Å². The van der Waals surface area contributed by atoms with Crippen molar-refractivity contribution in [3.63, 3.8) is 0 Å². The van der Waals surface area contributed by atoms with Gasteiger partial charge in [0.2, 0.25) is 0 Å². The van der Waals surface area contributed by atoms with Crippen molar-refractivity contribution in [2.75, 3.05) is 0 Å². The van der Waals surface area contributed by atoms with E-state index in [4.69, 9.17) is 0 Å². The fourth-order valence-electron chi connectivity index (χ4n) is 1.94. The van der Waals surface area contributed by atoms with Gasteiger partial charge in [-0.25, -0.2) is 0 Å². The molecule has 0 amide bonds. The van der Waals surface area contributed by atoms with Crippen molar-refractivity contribution in [1.82, 2.24) is 0 Å². The zero-order chi connectivity index (χ0) is 12.8. The van der Waals surface area contributed by atoms with E-state index in [1.165, 1.54) is 0 Å². The highest BCUT2D eigenvalue weighted by Gasteiger charge is 2.54. The maximum absolute atomic E-state index is 13.3. The summed E-state index contributed by atoms with van der Waals surface area (Å²) in [5.41, 5.74) is -2.62. The smallest absolute Gasteiger partial charge is 0.160 e. The van der Waals surface area contributed by atoms with E-state index in [0.29, 0.717) is 15.4 Å². The summed E-state index contributed by atoms with van der Waals surface area (Å²) in [5.74, 6) is 0. The Morgan fingerprint density at radius 3 is 2.47 bits per heavy atom. The van der Waals surface area contributed by atoms with Crippen molar-refractivity contribution < 1.29 is 13.2 Å². The third-order valence-electron chi connectivity index (χ3n) is 2.91. The molecule has 1 aromatic carbocycles. The number of halogens is 4.